The third-order valence-corrected chi connectivity index (χ3v) is 9.84. The lowest BCUT2D eigenvalue weighted by molar-refractivity contribution is -0.144. The molecule has 0 radical (unpaired) electrons. The summed E-state index contributed by atoms with van der Waals surface area (Å²) in [5, 5.41) is 30.0. The van der Waals surface area contributed by atoms with Gasteiger partial charge in [-0.15, -0.1) is 0 Å². The molecule has 11 N–H and O–H groups in total. The van der Waals surface area contributed by atoms with Gasteiger partial charge in [0.05, 0.1) is 19.6 Å². The van der Waals surface area contributed by atoms with Gasteiger partial charge in [-0.2, -0.15) is 11.8 Å². The summed E-state index contributed by atoms with van der Waals surface area (Å²) in [6.07, 6.45) is 2.86. The van der Waals surface area contributed by atoms with Gasteiger partial charge in [-0.25, -0.2) is 4.79 Å². The highest BCUT2D eigenvalue weighted by Gasteiger charge is 2.34. The minimum Gasteiger partial charge on any atom is -0.480 e. The lowest BCUT2D eigenvalue weighted by Crippen LogP contribution is -2.59. The zero-order chi connectivity index (χ0) is 44.9. The molecule has 0 heterocycles. The molecule has 0 spiro atoms. The number of hydrogen-bond acceptors (Lipinski definition) is 11. The second kappa shape index (κ2) is 27.3. The average molecular weight is 844 g/mol. The molecule has 0 aliphatic heterocycles. The van der Waals surface area contributed by atoms with Crippen molar-refractivity contribution in [2.24, 2.45) is 35.3 Å². The van der Waals surface area contributed by atoms with E-state index in [2.05, 4.69) is 42.5 Å². The minimum absolute atomic E-state index is 0.0391. The molecule has 0 rings (SSSR count). The summed E-state index contributed by atoms with van der Waals surface area (Å²) in [6, 6.07) is -6.44. The maximum Gasteiger partial charge on any atom is 0.326 e. The Labute approximate surface area is 346 Å². The van der Waals surface area contributed by atoms with Crippen molar-refractivity contribution in [2.45, 2.75) is 125 Å². The fourth-order valence-electron chi connectivity index (χ4n) is 5.50. The van der Waals surface area contributed by atoms with Crippen molar-refractivity contribution in [1.29, 1.82) is 0 Å². The van der Waals surface area contributed by atoms with Crippen LogP contribution in [0.25, 0.3) is 0 Å². The molecule has 20 heteroatoms. The van der Waals surface area contributed by atoms with E-state index in [1.807, 2.05) is 20.1 Å². The highest BCUT2D eigenvalue weighted by atomic mass is 32.2. The van der Waals surface area contributed by atoms with Crippen molar-refractivity contribution in [3.8, 4) is 0 Å². The number of aliphatic carboxylic acids is 1. The quantitative estimate of drug-likeness (QED) is 0.0476. The van der Waals surface area contributed by atoms with Gasteiger partial charge in [0.25, 0.3) is 0 Å². The van der Waals surface area contributed by atoms with Crippen molar-refractivity contribution in [3.63, 3.8) is 0 Å². The number of nitrogens with one attached hydrogen (secondary N) is 8. The molecule has 0 aliphatic carbocycles. The predicted octanol–water partition coefficient (Wildman–Crippen LogP) is -1.02. The second-order valence-electron chi connectivity index (χ2n) is 15.8. The Morgan fingerprint density at radius 2 is 1.02 bits per heavy atom. The molecule has 8 amide bonds. The van der Waals surface area contributed by atoms with Crippen LogP contribution in [0.4, 0.5) is 0 Å². The van der Waals surface area contributed by atoms with E-state index in [-0.39, 0.29) is 24.8 Å². The summed E-state index contributed by atoms with van der Waals surface area (Å²) < 4.78 is 0. The van der Waals surface area contributed by atoms with Gasteiger partial charge < -0.3 is 53.4 Å². The molecule has 0 aromatic rings. The topological polar surface area (TPSA) is 296 Å². The Morgan fingerprint density at radius 3 is 1.48 bits per heavy atom. The second-order valence-corrected chi connectivity index (χ2v) is 16.7. The van der Waals surface area contributed by atoms with Crippen LogP contribution in [0.2, 0.25) is 0 Å². The SMILES string of the molecule is CC[C@H](C)[C@H](NC(=O)[C@@H](NC(=O)[C@@H](NC(=O)CNC(=O)CNC(=O)[C@@H](NC(=O)[C@H](CCSC)NC(=O)[C@H](CC(C)C)NC(=O)CN)C(C)C)C(C)C)C(C)C)C(=O)O. The predicted molar refractivity (Wildman–Crippen MR) is 221 cm³/mol. The lowest BCUT2D eigenvalue weighted by Gasteiger charge is -2.29. The maximum atomic E-state index is 13.4. The van der Waals surface area contributed by atoms with Gasteiger partial charge in [-0.3, -0.25) is 38.4 Å². The normalized spacial score (nSPS) is 14.9. The summed E-state index contributed by atoms with van der Waals surface area (Å²) >= 11 is 1.45. The molecule has 0 aliphatic rings. The number of nitrogens with two attached hydrogens (primary N) is 1. The van der Waals surface area contributed by atoms with Crippen molar-refractivity contribution in [1.82, 2.24) is 42.5 Å². The first-order chi connectivity index (χ1) is 27.0. The zero-order valence-electron chi connectivity index (χ0n) is 35.9. The molecule has 0 fully saturated rings. The molecule has 0 unspecified atom stereocenters. The summed E-state index contributed by atoms with van der Waals surface area (Å²) in [5.41, 5.74) is 5.41. The third kappa shape index (κ3) is 19.8. The number of carbonyl (C=O) groups is 9. The van der Waals surface area contributed by atoms with Crippen LogP contribution in [0.15, 0.2) is 0 Å². The number of rotatable bonds is 27. The molecule has 0 saturated heterocycles. The summed E-state index contributed by atoms with van der Waals surface area (Å²) in [4.78, 5) is 115. The van der Waals surface area contributed by atoms with E-state index in [1.165, 1.54) is 11.8 Å². The van der Waals surface area contributed by atoms with Gasteiger partial charge >= 0.3 is 5.97 Å². The van der Waals surface area contributed by atoms with Gasteiger partial charge in [-0.05, 0) is 54.4 Å². The van der Waals surface area contributed by atoms with Gasteiger partial charge in [-0.1, -0.05) is 75.7 Å². The molecule has 19 nitrogen and oxygen atoms in total. The lowest BCUT2D eigenvalue weighted by atomic mass is 9.96. The minimum atomic E-state index is -1.20. The largest absolute Gasteiger partial charge is 0.480 e. The zero-order valence-corrected chi connectivity index (χ0v) is 36.7. The van der Waals surface area contributed by atoms with E-state index in [0.717, 1.165) is 0 Å². The fourth-order valence-corrected chi connectivity index (χ4v) is 5.98. The van der Waals surface area contributed by atoms with Crippen molar-refractivity contribution < 1.29 is 48.3 Å². The van der Waals surface area contributed by atoms with Gasteiger partial charge in [0.15, 0.2) is 0 Å². The van der Waals surface area contributed by atoms with Crippen LogP contribution < -0.4 is 48.3 Å². The van der Waals surface area contributed by atoms with Crippen molar-refractivity contribution >= 4 is 65.0 Å². The number of carboxylic acid groups (broad SMARTS) is 1. The Kier molecular flexibility index (Phi) is 25.2. The molecular weight excluding hydrogens is 775 g/mol. The summed E-state index contributed by atoms with van der Waals surface area (Å²) in [5.74, 6) is -7.59. The number of carbonyl (C=O) groups excluding carboxylic acids is 8. The van der Waals surface area contributed by atoms with Crippen LogP contribution in [0.3, 0.4) is 0 Å². The number of amides is 8. The Balaban J connectivity index is 5.50. The van der Waals surface area contributed by atoms with E-state index in [0.29, 0.717) is 18.6 Å². The first kappa shape index (κ1) is 53.5. The summed E-state index contributed by atoms with van der Waals surface area (Å²) in [7, 11) is 0. The van der Waals surface area contributed by atoms with Crippen LogP contribution in [0, 0.1) is 29.6 Å². The molecule has 0 aromatic carbocycles. The number of carboxylic acids is 1. The van der Waals surface area contributed by atoms with Crippen LogP contribution in [0.1, 0.15) is 88.5 Å². The molecule has 0 saturated carbocycles. The monoisotopic (exact) mass is 843 g/mol. The maximum absolute atomic E-state index is 13.4. The van der Waals surface area contributed by atoms with Crippen molar-refractivity contribution in [2.75, 3.05) is 31.6 Å². The fraction of sp³-hybridized carbons (Fsp3) is 0.763. The standard InChI is InChI=1S/C38H69N9O10S/c1-12-23(10)32(38(56)57)47-37(55)31(22(8)9)46-36(54)30(21(6)7)44-28(50)18-40-27(49)17-41-35(53)29(20(4)5)45-33(51)24(13-14-58-11)43-34(52)25(15-19(2)3)42-26(48)16-39/h19-25,29-32H,12-18,39H2,1-11H3,(H,40,49)(H,41,53)(H,42,48)(H,43,52)(H,44,50)(H,45,51)(H,46,54)(H,47,55)(H,56,57)/t23-,24-,25-,29-,30-,31-,32-/m0/s1. The molecule has 0 aromatic heterocycles. The molecular formula is C38H69N9O10S. The Hall–Kier alpha value is -4.46. The molecule has 0 bridgehead atoms. The van der Waals surface area contributed by atoms with Gasteiger partial charge in [0, 0.05) is 0 Å². The first-order valence-electron chi connectivity index (χ1n) is 19.8. The Morgan fingerprint density at radius 1 is 0.552 bits per heavy atom. The Bertz CT molecular complexity index is 1410. The van der Waals surface area contributed by atoms with E-state index in [1.54, 1.807) is 55.4 Å². The van der Waals surface area contributed by atoms with Gasteiger partial charge in [0.1, 0.15) is 36.3 Å². The first-order valence-corrected chi connectivity index (χ1v) is 21.2. The van der Waals surface area contributed by atoms with Crippen LogP contribution in [-0.2, 0) is 43.2 Å². The van der Waals surface area contributed by atoms with Crippen LogP contribution >= 0.6 is 11.8 Å². The number of hydrogen-bond donors (Lipinski definition) is 10. The van der Waals surface area contributed by atoms with Crippen molar-refractivity contribution in [3.05, 3.63) is 0 Å². The number of thioether (sulfide) groups is 1. The van der Waals surface area contributed by atoms with Crippen LogP contribution in [-0.4, -0.2) is 126 Å². The highest BCUT2D eigenvalue weighted by Crippen LogP contribution is 2.12. The highest BCUT2D eigenvalue weighted by molar-refractivity contribution is 7.98. The summed E-state index contributed by atoms with van der Waals surface area (Å²) in [6.45, 7) is 15.9. The van der Waals surface area contributed by atoms with Crippen LogP contribution in [0.5, 0.6) is 0 Å². The molecule has 7 atom stereocenters. The molecule has 332 valence electrons. The third-order valence-electron chi connectivity index (χ3n) is 9.19. The van der Waals surface area contributed by atoms with E-state index in [4.69, 9.17) is 5.73 Å². The smallest absolute Gasteiger partial charge is 0.326 e. The van der Waals surface area contributed by atoms with E-state index < -0.39 is 120 Å². The average Bonchev–Trinajstić information content (AvgIpc) is 3.14. The van der Waals surface area contributed by atoms with Gasteiger partial charge in [0.2, 0.25) is 47.3 Å². The van der Waals surface area contributed by atoms with E-state index in [9.17, 15) is 48.3 Å². The van der Waals surface area contributed by atoms with E-state index >= 15 is 0 Å². The molecule has 58 heavy (non-hydrogen) atoms.